The third kappa shape index (κ3) is 7.27. The van der Waals surface area contributed by atoms with Gasteiger partial charge in [-0.25, -0.2) is 0 Å². The van der Waals surface area contributed by atoms with Crippen molar-refractivity contribution in [3.8, 4) is 0 Å². The zero-order valence-electron chi connectivity index (χ0n) is 22.5. The number of fused-ring (bicyclic) bond motifs is 2. The lowest BCUT2D eigenvalue weighted by Gasteiger charge is -2.51. The molecule has 0 amide bonds. The van der Waals surface area contributed by atoms with E-state index in [1.54, 1.807) is 0 Å². The molecule has 2 heterocycles. The van der Waals surface area contributed by atoms with Gasteiger partial charge in [-0.3, -0.25) is 0 Å². The van der Waals surface area contributed by atoms with E-state index in [-0.39, 0.29) is 18.3 Å². The van der Waals surface area contributed by atoms with Gasteiger partial charge in [-0.2, -0.15) is 0 Å². The van der Waals surface area contributed by atoms with E-state index in [2.05, 4.69) is 39.8 Å². The van der Waals surface area contributed by atoms with Gasteiger partial charge in [0.1, 0.15) is 24.4 Å². The van der Waals surface area contributed by atoms with Crippen LogP contribution >= 0.6 is 0 Å². The Labute approximate surface area is 212 Å². The highest BCUT2D eigenvalue weighted by Crippen LogP contribution is 2.48. The van der Waals surface area contributed by atoms with Gasteiger partial charge in [0, 0.05) is 32.0 Å². The summed E-state index contributed by atoms with van der Waals surface area (Å²) in [5.74, 6) is -1.02. The molecule has 5 atom stereocenters. The summed E-state index contributed by atoms with van der Waals surface area (Å²) in [7, 11) is 0. The largest absolute Gasteiger partial charge is 0.379 e. The van der Waals surface area contributed by atoms with Gasteiger partial charge in [0.2, 0.25) is 5.79 Å². The molecule has 1 fully saturated rings. The van der Waals surface area contributed by atoms with Crippen LogP contribution in [0, 0.1) is 0 Å². The standard InChI is InChI=1S/C29H48O6/c1-5-9-17-30-22-25-26(31-18-10-6-2)27(32-19-11-7-3)28(33-20-12-8-4)29(35-25)24-16-14-13-15-23(24)21-34-29/h13-16,25-28H,5-12,17-22H2,1-4H3/t25-,26-,27+,28-,29+/m1/s1. The highest BCUT2D eigenvalue weighted by molar-refractivity contribution is 5.36. The van der Waals surface area contributed by atoms with Gasteiger partial charge in [-0.05, 0) is 31.2 Å². The molecule has 0 unspecified atom stereocenters. The quantitative estimate of drug-likeness (QED) is 0.244. The van der Waals surface area contributed by atoms with Crippen molar-refractivity contribution in [2.45, 2.75) is 116 Å². The molecule has 0 N–H and O–H groups in total. The molecule has 0 aliphatic carbocycles. The molecule has 1 aromatic carbocycles. The molecular weight excluding hydrogens is 444 g/mol. The first-order valence-corrected chi connectivity index (χ1v) is 14.0. The molecule has 0 saturated carbocycles. The van der Waals surface area contributed by atoms with Gasteiger partial charge >= 0.3 is 0 Å². The van der Waals surface area contributed by atoms with Crippen molar-refractivity contribution in [2.75, 3.05) is 33.0 Å². The monoisotopic (exact) mass is 492 g/mol. The van der Waals surface area contributed by atoms with Crippen LogP contribution in [-0.4, -0.2) is 57.5 Å². The maximum Gasteiger partial charge on any atom is 0.225 e. The van der Waals surface area contributed by atoms with Crippen LogP contribution in [0.3, 0.4) is 0 Å². The van der Waals surface area contributed by atoms with Gasteiger partial charge < -0.3 is 28.4 Å². The molecular formula is C29H48O6. The molecule has 6 heteroatoms. The summed E-state index contributed by atoms with van der Waals surface area (Å²) >= 11 is 0. The predicted molar refractivity (Wildman–Crippen MR) is 137 cm³/mol. The fourth-order valence-electron chi connectivity index (χ4n) is 4.79. The molecule has 3 rings (SSSR count). The molecule has 2 aliphatic rings. The normalized spacial score (nSPS) is 28.0. The number of hydrogen-bond acceptors (Lipinski definition) is 6. The van der Waals surface area contributed by atoms with E-state index in [1.165, 1.54) is 0 Å². The van der Waals surface area contributed by atoms with E-state index in [0.29, 0.717) is 39.6 Å². The Morgan fingerprint density at radius 1 is 0.771 bits per heavy atom. The van der Waals surface area contributed by atoms with Crippen LogP contribution in [0.1, 0.15) is 90.2 Å². The second kappa shape index (κ2) is 15.3. The summed E-state index contributed by atoms with van der Waals surface area (Å²) in [6, 6.07) is 8.31. The Bertz CT molecular complexity index is 712. The number of hydrogen-bond donors (Lipinski definition) is 0. The predicted octanol–water partition coefficient (Wildman–Crippen LogP) is 6.14. The topological polar surface area (TPSA) is 55.4 Å². The van der Waals surface area contributed by atoms with Crippen LogP contribution in [-0.2, 0) is 40.8 Å². The van der Waals surface area contributed by atoms with Gasteiger partial charge in [0.25, 0.3) is 0 Å². The third-order valence-corrected chi connectivity index (χ3v) is 6.86. The first-order chi connectivity index (χ1) is 17.2. The van der Waals surface area contributed by atoms with Crippen LogP contribution in [0.2, 0.25) is 0 Å². The van der Waals surface area contributed by atoms with Gasteiger partial charge in [0.05, 0.1) is 13.2 Å². The average molecular weight is 493 g/mol. The van der Waals surface area contributed by atoms with Gasteiger partial charge in [-0.15, -0.1) is 0 Å². The maximum absolute atomic E-state index is 6.89. The third-order valence-electron chi connectivity index (χ3n) is 6.86. The Morgan fingerprint density at radius 2 is 1.37 bits per heavy atom. The van der Waals surface area contributed by atoms with E-state index < -0.39 is 11.9 Å². The van der Waals surface area contributed by atoms with E-state index in [4.69, 9.17) is 28.4 Å². The number of unbranched alkanes of at least 4 members (excludes halogenated alkanes) is 4. The average Bonchev–Trinajstić information content (AvgIpc) is 3.24. The van der Waals surface area contributed by atoms with Crippen molar-refractivity contribution in [1.29, 1.82) is 0 Å². The molecule has 2 aliphatic heterocycles. The second-order valence-corrected chi connectivity index (χ2v) is 9.72. The Balaban J connectivity index is 1.96. The molecule has 0 aromatic heterocycles. The van der Waals surface area contributed by atoms with Crippen molar-refractivity contribution in [1.82, 2.24) is 0 Å². The fourth-order valence-corrected chi connectivity index (χ4v) is 4.79. The summed E-state index contributed by atoms with van der Waals surface area (Å²) in [6.07, 6.45) is 6.95. The van der Waals surface area contributed by atoms with Crippen LogP contribution in [0.4, 0.5) is 0 Å². The minimum Gasteiger partial charge on any atom is -0.379 e. The SMILES string of the molecule is CCCCOC[C@H]1O[C@]2(OCc3ccccc32)[C@H](OCCCC)[C@@H](OCCCC)[C@@H]1OCCCC. The molecule has 6 nitrogen and oxygen atoms in total. The molecule has 35 heavy (non-hydrogen) atoms. The Kier molecular flexibility index (Phi) is 12.5. The molecule has 1 aromatic rings. The summed E-state index contributed by atoms with van der Waals surface area (Å²) < 4.78 is 39.2. The highest BCUT2D eigenvalue weighted by Gasteiger charge is 2.61. The van der Waals surface area contributed by atoms with Crippen LogP contribution in [0.5, 0.6) is 0 Å². The Morgan fingerprint density at radius 3 is 2.06 bits per heavy atom. The van der Waals surface area contributed by atoms with Crippen molar-refractivity contribution >= 4 is 0 Å². The van der Waals surface area contributed by atoms with Crippen molar-refractivity contribution in [3.63, 3.8) is 0 Å². The first kappa shape index (κ1) is 28.5. The number of ether oxygens (including phenoxy) is 6. The minimum absolute atomic E-state index is 0.284. The molecule has 200 valence electrons. The lowest BCUT2D eigenvalue weighted by Crippen LogP contribution is -2.66. The fraction of sp³-hybridized carbons (Fsp3) is 0.793. The number of benzene rings is 1. The van der Waals surface area contributed by atoms with Crippen LogP contribution in [0.15, 0.2) is 24.3 Å². The number of rotatable bonds is 17. The smallest absolute Gasteiger partial charge is 0.225 e. The lowest BCUT2D eigenvalue weighted by atomic mass is 9.87. The van der Waals surface area contributed by atoms with Crippen molar-refractivity contribution in [3.05, 3.63) is 35.4 Å². The van der Waals surface area contributed by atoms with Crippen molar-refractivity contribution in [2.24, 2.45) is 0 Å². The zero-order valence-corrected chi connectivity index (χ0v) is 22.5. The van der Waals surface area contributed by atoms with Crippen LogP contribution in [0.25, 0.3) is 0 Å². The van der Waals surface area contributed by atoms with Gasteiger partial charge in [-0.1, -0.05) is 77.6 Å². The molecule has 1 spiro atoms. The lowest BCUT2D eigenvalue weighted by molar-refractivity contribution is -0.384. The van der Waals surface area contributed by atoms with E-state index in [0.717, 1.165) is 62.5 Å². The first-order valence-electron chi connectivity index (χ1n) is 14.0. The summed E-state index contributed by atoms with van der Waals surface area (Å²) in [6.45, 7) is 12.3. The summed E-state index contributed by atoms with van der Waals surface area (Å²) in [4.78, 5) is 0. The summed E-state index contributed by atoms with van der Waals surface area (Å²) in [5, 5.41) is 0. The van der Waals surface area contributed by atoms with E-state index in [9.17, 15) is 0 Å². The molecule has 0 radical (unpaired) electrons. The van der Waals surface area contributed by atoms with Gasteiger partial charge in [0.15, 0.2) is 0 Å². The summed E-state index contributed by atoms with van der Waals surface area (Å²) in [5.41, 5.74) is 2.18. The van der Waals surface area contributed by atoms with E-state index in [1.807, 2.05) is 12.1 Å². The van der Waals surface area contributed by atoms with E-state index >= 15 is 0 Å². The highest BCUT2D eigenvalue weighted by atomic mass is 16.7. The van der Waals surface area contributed by atoms with Crippen molar-refractivity contribution < 1.29 is 28.4 Å². The Hall–Kier alpha value is -1.02. The maximum atomic E-state index is 6.89. The van der Waals surface area contributed by atoms with Crippen LogP contribution < -0.4 is 0 Å². The molecule has 1 saturated heterocycles. The minimum atomic E-state index is -1.02. The zero-order chi connectivity index (χ0) is 24.9. The second-order valence-electron chi connectivity index (χ2n) is 9.72. The molecule has 0 bridgehead atoms.